The summed E-state index contributed by atoms with van der Waals surface area (Å²) in [7, 11) is -3.20. The van der Waals surface area contributed by atoms with Crippen LogP contribution in [0.1, 0.15) is 68.6 Å². The Bertz CT molecular complexity index is 503. The third-order valence-corrected chi connectivity index (χ3v) is 5.46. The van der Waals surface area contributed by atoms with Gasteiger partial charge in [0, 0.05) is 5.56 Å². The minimum Gasteiger partial charge on any atom is -0.298 e. The first-order valence-corrected chi connectivity index (χ1v) is 9.53. The Labute approximate surface area is 128 Å². The van der Waals surface area contributed by atoms with Gasteiger partial charge in [-0.05, 0) is 18.6 Å². The fourth-order valence-corrected chi connectivity index (χ4v) is 3.67. The molecule has 0 aliphatic carbocycles. The van der Waals surface area contributed by atoms with Crippen LogP contribution in [0.5, 0.6) is 0 Å². The van der Waals surface area contributed by atoms with Crippen LogP contribution in [0.3, 0.4) is 0 Å². The molecule has 0 fully saturated rings. The number of hydrogen-bond donors (Lipinski definition) is 0. The molecule has 0 saturated heterocycles. The fourth-order valence-electron chi connectivity index (χ4n) is 2.30. The highest BCUT2D eigenvalue weighted by Crippen LogP contribution is 2.15. The number of benzene rings is 1. The molecular weight excluding hydrogens is 284 g/mol. The lowest BCUT2D eigenvalue weighted by molar-refractivity contribution is 0.112. The van der Waals surface area contributed by atoms with Gasteiger partial charge in [-0.15, -0.1) is 0 Å². The number of carbonyl (C=O) groups is 1. The van der Waals surface area contributed by atoms with Gasteiger partial charge >= 0.3 is 0 Å². The molecule has 0 saturated carbocycles. The second-order valence-electron chi connectivity index (χ2n) is 5.48. The van der Waals surface area contributed by atoms with Crippen molar-refractivity contribution in [3.63, 3.8) is 0 Å². The lowest BCUT2D eigenvalue weighted by atomic mass is 10.1. The molecular formula is C17H26O3S. The predicted octanol–water partition coefficient (Wildman–Crippen LogP) is 4.41. The van der Waals surface area contributed by atoms with Crippen LogP contribution in [0.4, 0.5) is 0 Å². The van der Waals surface area contributed by atoms with E-state index >= 15 is 0 Å². The summed E-state index contributed by atoms with van der Waals surface area (Å²) in [5, 5.41) is 0. The average Bonchev–Trinajstić information content (AvgIpc) is 2.50. The standard InChI is InChI=1S/C17H26O3S/c1-2-3-4-5-6-7-8-9-14-21(19,20)17-12-10-16(15-18)11-13-17/h10-13,15H,2-9,14H2,1H3. The highest BCUT2D eigenvalue weighted by molar-refractivity contribution is 7.91. The highest BCUT2D eigenvalue weighted by Gasteiger charge is 2.13. The Morgan fingerprint density at radius 1 is 0.857 bits per heavy atom. The SMILES string of the molecule is CCCCCCCCCCS(=O)(=O)c1ccc(C=O)cc1. The van der Waals surface area contributed by atoms with Crippen LogP contribution in [0, 0.1) is 0 Å². The quantitative estimate of drug-likeness (QED) is 0.449. The van der Waals surface area contributed by atoms with Crippen molar-refractivity contribution < 1.29 is 13.2 Å². The highest BCUT2D eigenvalue weighted by atomic mass is 32.2. The minimum absolute atomic E-state index is 0.197. The van der Waals surface area contributed by atoms with Crippen LogP contribution >= 0.6 is 0 Å². The van der Waals surface area contributed by atoms with E-state index in [1.165, 1.54) is 44.2 Å². The Morgan fingerprint density at radius 2 is 1.38 bits per heavy atom. The molecule has 21 heavy (non-hydrogen) atoms. The van der Waals surface area contributed by atoms with E-state index in [1.807, 2.05) is 0 Å². The number of unbranched alkanes of at least 4 members (excludes halogenated alkanes) is 7. The molecule has 0 atom stereocenters. The molecule has 1 rings (SSSR count). The van der Waals surface area contributed by atoms with E-state index in [1.54, 1.807) is 12.1 Å². The Balaban J connectivity index is 2.28. The van der Waals surface area contributed by atoms with E-state index in [9.17, 15) is 13.2 Å². The smallest absolute Gasteiger partial charge is 0.178 e. The van der Waals surface area contributed by atoms with Gasteiger partial charge in [-0.3, -0.25) is 4.79 Å². The van der Waals surface area contributed by atoms with Crippen LogP contribution in [0.25, 0.3) is 0 Å². The minimum atomic E-state index is -3.20. The van der Waals surface area contributed by atoms with E-state index in [4.69, 9.17) is 0 Å². The maximum absolute atomic E-state index is 12.1. The fraction of sp³-hybridized carbons (Fsp3) is 0.588. The summed E-state index contributed by atoms with van der Waals surface area (Å²) in [6.45, 7) is 2.20. The van der Waals surface area contributed by atoms with Crippen molar-refractivity contribution in [2.24, 2.45) is 0 Å². The molecule has 0 spiro atoms. The summed E-state index contributed by atoms with van der Waals surface area (Å²) >= 11 is 0. The Hall–Kier alpha value is -1.16. The third kappa shape index (κ3) is 6.89. The normalized spacial score (nSPS) is 11.5. The first kappa shape index (κ1) is 17.9. The van der Waals surface area contributed by atoms with Crippen LogP contribution < -0.4 is 0 Å². The third-order valence-electron chi connectivity index (χ3n) is 3.64. The van der Waals surface area contributed by atoms with Gasteiger partial charge in [0.05, 0.1) is 10.6 Å². The van der Waals surface area contributed by atoms with E-state index in [-0.39, 0.29) is 5.75 Å². The van der Waals surface area contributed by atoms with Gasteiger partial charge in [-0.2, -0.15) is 0 Å². The van der Waals surface area contributed by atoms with Crippen molar-refractivity contribution >= 4 is 16.1 Å². The molecule has 0 unspecified atom stereocenters. The number of carbonyl (C=O) groups excluding carboxylic acids is 1. The maximum Gasteiger partial charge on any atom is 0.178 e. The summed E-state index contributed by atoms with van der Waals surface area (Å²) in [5.74, 6) is 0.197. The summed E-state index contributed by atoms with van der Waals surface area (Å²) < 4.78 is 24.2. The topological polar surface area (TPSA) is 51.2 Å². The Morgan fingerprint density at radius 3 is 1.90 bits per heavy atom. The van der Waals surface area contributed by atoms with Crippen molar-refractivity contribution in [2.75, 3.05) is 5.75 Å². The van der Waals surface area contributed by atoms with Crippen LogP contribution in [0.15, 0.2) is 29.2 Å². The second-order valence-corrected chi connectivity index (χ2v) is 7.59. The molecule has 0 amide bonds. The van der Waals surface area contributed by atoms with E-state index in [2.05, 4.69) is 6.92 Å². The summed E-state index contributed by atoms with van der Waals surface area (Å²) in [5.41, 5.74) is 0.501. The van der Waals surface area contributed by atoms with Crippen molar-refractivity contribution in [3.8, 4) is 0 Å². The number of aldehydes is 1. The largest absolute Gasteiger partial charge is 0.298 e. The lowest BCUT2D eigenvalue weighted by Gasteiger charge is -2.05. The molecule has 0 aliphatic rings. The van der Waals surface area contributed by atoms with Crippen LogP contribution in [0.2, 0.25) is 0 Å². The van der Waals surface area contributed by atoms with Gasteiger partial charge in [0.1, 0.15) is 6.29 Å². The van der Waals surface area contributed by atoms with E-state index < -0.39 is 9.84 Å². The first-order valence-electron chi connectivity index (χ1n) is 7.88. The zero-order chi connectivity index (χ0) is 15.6. The Kier molecular flexibility index (Phi) is 8.28. The van der Waals surface area contributed by atoms with Gasteiger partial charge < -0.3 is 0 Å². The summed E-state index contributed by atoms with van der Waals surface area (Å²) in [6.07, 6.45) is 9.81. The number of hydrogen-bond acceptors (Lipinski definition) is 3. The maximum atomic E-state index is 12.1. The van der Waals surface area contributed by atoms with Gasteiger partial charge in [0.15, 0.2) is 9.84 Å². The molecule has 0 bridgehead atoms. The molecule has 4 heteroatoms. The summed E-state index contributed by atoms with van der Waals surface area (Å²) in [4.78, 5) is 10.9. The van der Waals surface area contributed by atoms with Gasteiger partial charge in [0.2, 0.25) is 0 Å². The van der Waals surface area contributed by atoms with Gasteiger partial charge in [-0.25, -0.2) is 8.42 Å². The van der Waals surface area contributed by atoms with Crippen LogP contribution in [-0.4, -0.2) is 20.5 Å². The average molecular weight is 310 g/mol. The second kappa shape index (κ2) is 9.72. The molecule has 118 valence electrons. The molecule has 0 heterocycles. The molecule has 3 nitrogen and oxygen atoms in total. The van der Waals surface area contributed by atoms with Crippen molar-refractivity contribution in [1.29, 1.82) is 0 Å². The number of sulfone groups is 1. The molecule has 1 aromatic rings. The van der Waals surface area contributed by atoms with Gasteiger partial charge in [-0.1, -0.05) is 64.0 Å². The van der Waals surface area contributed by atoms with Crippen molar-refractivity contribution in [1.82, 2.24) is 0 Å². The monoisotopic (exact) mass is 310 g/mol. The zero-order valence-electron chi connectivity index (χ0n) is 12.9. The van der Waals surface area contributed by atoms with Crippen LogP contribution in [-0.2, 0) is 9.84 Å². The predicted molar refractivity (Wildman–Crippen MR) is 86.5 cm³/mol. The first-order chi connectivity index (χ1) is 10.1. The lowest BCUT2D eigenvalue weighted by Crippen LogP contribution is -2.06. The van der Waals surface area contributed by atoms with Gasteiger partial charge in [0.25, 0.3) is 0 Å². The summed E-state index contributed by atoms with van der Waals surface area (Å²) in [6, 6.07) is 6.13. The molecule has 1 aromatic carbocycles. The van der Waals surface area contributed by atoms with E-state index in [0.717, 1.165) is 19.1 Å². The van der Waals surface area contributed by atoms with Crippen molar-refractivity contribution in [2.45, 2.75) is 63.2 Å². The molecule has 0 aliphatic heterocycles. The molecule has 0 aromatic heterocycles. The number of rotatable bonds is 11. The zero-order valence-corrected chi connectivity index (χ0v) is 13.7. The molecule has 0 radical (unpaired) electrons. The molecule has 0 N–H and O–H groups in total. The van der Waals surface area contributed by atoms with Crippen molar-refractivity contribution in [3.05, 3.63) is 29.8 Å². The van der Waals surface area contributed by atoms with E-state index in [0.29, 0.717) is 16.9 Å².